The largest absolute Gasteiger partial charge is 0.416 e. The third-order valence-corrected chi connectivity index (χ3v) is 5.25. The number of rotatable bonds is 4. The van der Waals surface area contributed by atoms with E-state index in [2.05, 4.69) is 20.0 Å². The van der Waals surface area contributed by atoms with Crippen LogP contribution in [0, 0.1) is 0 Å². The molecule has 1 aliphatic rings. The van der Waals surface area contributed by atoms with Crippen LogP contribution in [0.25, 0.3) is 5.69 Å². The number of nitrogens with one attached hydrogen (secondary N) is 2. The Hall–Kier alpha value is -3.14. The summed E-state index contributed by atoms with van der Waals surface area (Å²) in [5.74, 6) is -0.354. The first-order valence-electron chi connectivity index (χ1n) is 9.18. The maximum Gasteiger partial charge on any atom is 0.416 e. The zero-order valence-corrected chi connectivity index (χ0v) is 15.6. The summed E-state index contributed by atoms with van der Waals surface area (Å²) >= 11 is 0. The Kier molecular flexibility index (Phi) is 4.87. The number of nitrogens with zero attached hydrogens (tertiary/aromatic N) is 4. The molecule has 2 N–H and O–H groups in total. The number of amides is 1. The molecule has 0 spiro atoms. The summed E-state index contributed by atoms with van der Waals surface area (Å²) in [6, 6.07) is 7.27. The number of alkyl halides is 3. The average Bonchev–Trinajstić information content (AvgIpc) is 3.35. The van der Waals surface area contributed by atoms with E-state index in [1.807, 2.05) is 25.3 Å². The van der Waals surface area contributed by atoms with Crippen molar-refractivity contribution in [3.05, 3.63) is 60.4 Å². The number of hydrogen-bond acceptors (Lipinski definition) is 3. The van der Waals surface area contributed by atoms with E-state index >= 15 is 0 Å². The molecule has 7 nitrogen and oxygen atoms in total. The fraction of sp³-hybridized carbons (Fsp3) is 0.316. The summed E-state index contributed by atoms with van der Waals surface area (Å²) < 4.78 is 43.0. The third-order valence-electron chi connectivity index (χ3n) is 5.25. The van der Waals surface area contributed by atoms with E-state index in [1.165, 1.54) is 23.4 Å². The smallest absolute Gasteiger partial charge is 0.341 e. The van der Waals surface area contributed by atoms with Crippen molar-refractivity contribution >= 4 is 11.6 Å². The van der Waals surface area contributed by atoms with Crippen LogP contribution in [-0.2, 0) is 17.5 Å². The lowest BCUT2D eigenvalue weighted by atomic mass is 10.1. The van der Waals surface area contributed by atoms with Crippen LogP contribution in [0.15, 0.2) is 49.2 Å². The van der Waals surface area contributed by atoms with Gasteiger partial charge in [-0.05, 0) is 37.3 Å². The van der Waals surface area contributed by atoms with E-state index in [-0.39, 0.29) is 24.2 Å². The maximum absolute atomic E-state index is 13.2. The van der Waals surface area contributed by atoms with Crippen molar-refractivity contribution in [3.63, 3.8) is 0 Å². The van der Waals surface area contributed by atoms with E-state index in [9.17, 15) is 18.0 Å². The molecule has 3 aromatic rings. The highest BCUT2D eigenvalue weighted by Crippen LogP contribution is 2.33. The van der Waals surface area contributed by atoms with Gasteiger partial charge in [0.1, 0.15) is 18.7 Å². The summed E-state index contributed by atoms with van der Waals surface area (Å²) in [6.07, 6.45) is 0.135. The van der Waals surface area contributed by atoms with Crippen LogP contribution in [0.5, 0.6) is 0 Å². The van der Waals surface area contributed by atoms with Gasteiger partial charge in [0.25, 0.3) is 5.91 Å². The number of anilines is 1. The molecule has 1 aliphatic heterocycles. The molecule has 0 aliphatic carbocycles. The molecule has 1 aromatic carbocycles. The van der Waals surface area contributed by atoms with Gasteiger partial charge in [-0.3, -0.25) is 4.79 Å². The molecule has 0 saturated heterocycles. The van der Waals surface area contributed by atoms with Crippen LogP contribution in [0.1, 0.15) is 24.2 Å². The Morgan fingerprint density at radius 1 is 1.34 bits per heavy atom. The monoisotopic (exact) mass is 405 g/mol. The SMILES string of the molecule is C[C@H]1c2cccn2CC[NH+]1CC(=O)Nc1cc(C(F)(F)F)ccc1-n1cncn1. The quantitative estimate of drug-likeness (QED) is 0.694. The molecule has 0 radical (unpaired) electrons. The van der Waals surface area contributed by atoms with Crippen LogP contribution in [0.2, 0.25) is 0 Å². The molecule has 0 fully saturated rings. The molecule has 152 valence electrons. The minimum absolute atomic E-state index is 0.0442. The fourth-order valence-electron chi connectivity index (χ4n) is 3.70. The molecular weight excluding hydrogens is 385 g/mol. The predicted octanol–water partition coefficient (Wildman–Crippen LogP) is 1.69. The van der Waals surface area contributed by atoms with Gasteiger partial charge in [-0.25, -0.2) is 9.67 Å². The van der Waals surface area contributed by atoms with Gasteiger partial charge < -0.3 is 14.8 Å². The highest BCUT2D eigenvalue weighted by molar-refractivity contribution is 5.93. The zero-order chi connectivity index (χ0) is 20.6. The van der Waals surface area contributed by atoms with Crippen molar-refractivity contribution in [2.45, 2.75) is 25.7 Å². The topological polar surface area (TPSA) is 69.2 Å². The molecule has 0 bridgehead atoms. The van der Waals surface area contributed by atoms with Gasteiger partial charge in [-0.15, -0.1) is 0 Å². The van der Waals surface area contributed by atoms with Crippen molar-refractivity contribution in [3.8, 4) is 5.69 Å². The van der Waals surface area contributed by atoms with E-state index in [0.717, 1.165) is 35.8 Å². The highest BCUT2D eigenvalue weighted by Gasteiger charge is 2.32. The lowest BCUT2D eigenvalue weighted by Crippen LogP contribution is -3.14. The lowest BCUT2D eigenvalue weighted by molar-refractivity contribution is -0.926. The van der Waals surface area contributed by atoms with Crippen molar-refractivity contribution < 1.29 is 22.9 Å². The predicted molar refractivity (Wildman–Crippen MR) is 98.5 cm³/mol. The van der Waals surface area contributed by atoms with Crippen molar-refractivity contribution in [1.29, 1.82) is 0 Å². The molecule has 3 heterocycles. The molecular formula is C19H20F3N6O+. The van der Waals surface area contributed by atoms with E-state index in [1.54, 1.807) is 0 Å². The Morgan fingerprint density at radius 2 is 2.17 bits per heavy atom. The standard InChI is InChI=1S/C19H19F3N6O/c1-13-16-3-2-6-26(16)7-8-27(13)10-18(29)25-15-9-14(19(20,21)22)4-5-17(15)28-12-23-11-24-28/h2-6,9,11-13H,7-8,10H2,1H3,(H,25,29)/p+1/t13-/m0/s1. The number of carbonyl (C=O) groups is 1. The Bertz CT molecular complexity index is 1010. The van der Waals surface area contributed by atoms with E-state index in [0.29, 0.717) is 5.69 Å². The number of fused-ring (bicyclic) bond motifs is 1. The number of hydrogen-bond donors (Lipinski definition) is 2. The first-order chi connectivity index (χ1) is 13.8. The molecule has 1 unspecified atom stereocenters. The molecule has 0 saturated carbocycles. The third kappa shape index (κ3) is 3.88. The number of halogens is 3. The summed E-state index contributed by atoms with van der Waals surface area (Å²) in [5, 5.41) is 6.60. The molecule has 1 amide bonds. The van der Waals surface area contributed by atoms with Crippen molar-refractivity contribution in [2.75, 3.05) is 18.4 Å². The normalized spacial score (nSPS) is 19.0. The summed E-state index contributed by atoms with van der Waals surface area (Å²) in [4.78, 5) is 17.6. The maximum atomic E-state index is 13.2. The molecule has 2 aromatic heterocycles. The van der Waals surface area contributed by atoms with Gasteiger partial charge >= 0.3 is 6.18 Å². The summed E-state index contributed by atoms with van der Waals surface area (Å²) in [6.45, 7) is 3.75. The van der Waals surface area contributed by atoms with Gasteiger partial charge in [0.2, 0.25) is 0 Å². The highest BCUT2D eigenvalue weighted by atomic mass is 19.4. The van der Waals surface area contributed by atoms with Crippen molar-refractivity contribution in [2.24, 2.45) is 0 Å². The molecule has 10 heteroatoms. The van der Waals surface area contributed by atoms with Crippen LogP contribution in [0.4, 0.5) is 18.9 Å². The van der Waals surface area contributed by atoms with Gasteiger partial charge in [0.05, 0.1) is 35.7 Å². The number of aromatic nitrogens is 4. The van der Waals surface area contributed by atoms with Crippen molar-refractivity contribution in [1.82, 2.24) is 19.3 Å². The molecule has 29 heavy (non-hydrogen) atoms. The van der Waals surface area contributed by atoms with Crippen LogP contribution >= 0.6 is 0 Å². The second-order valence-corrected chi connectivity index (χ2v) is 7.05. The Balaban J connectivity index is 1.56. The van der Waals surface area contributed by atoms with E-state index < -0.39 is 11.7 Å². The van der Waals surface area contributed by atoms with Crippen LogP contribution in [0.3, 0.4) is 0 Å². The number of carbonyl (C=O) groups excluding carboxylic acids is 1. The average molecular weight is 405 g/mol. The fourth-order valence-corrected chi connectivity index (χ4v) is 3.70. The summed E-state index contributed by atoms with van der Waals surface area (Å²) in [5.41, 5.74) is 0.664. The minimum Gasteiger partial charge on any atom is -0.341 e. The van der Waals surface area contributed by atoms with E-state index in [4.69, 9.17) is 0 Å². The van der Waals surface area contributed by atoms with Gasteiger partial charge in [-0.2, -0.15) is 18.3 Å². The number of quaternary nitrogens is 1. The zero-order valence-electron chi connectivity index (χ0n) is 15.6. The van der Waals surface area contributed by atoms with Crippen LogP contribution in [-0.4, -0.2) is 38.3 Å². The summed E-state index contributed by atoms with van der Waals surface area (Å²) in [7, 11) is 0. The number of benzene rings is 1. The molecule has 4 rings (SSSR count). The van der Waals surface area contributed by atoms with Gasteiger partial charge in [0.15, 0.2) is 6.54 Å². The minimum atomic E-state index is -4.52. The first kappa shape index (κ1) is 19.2. The second kappa shape index (κ2) is 7.36. The van der Waals surface area contributed by atoms with Gasteiger partial charge in [-0.1, -0.05) is 0 Å². The Morgan fingerprint density at radius 3 is 2.90 bits per heavy atom. The Labute approximate surface area is 164 Å². The lowest BCUT2D eigenvalue weighted by Gasteiger charge is -2.31. The van der Waals surface area contributed by atoms with Crippen LogP contribution < -0.4 is 10.2 Å². The first-order valence-corrected chi connectivity index (χ1v) is 9.18. The van der Waals surface area contributed by atoms with Gasteiger partial charge in [0, 0.05) is 6.20 Å². The molecule has 2 atom stereocenters. The second-order valence-electron chi connectivity index (χ2n) is 7.05.